The first-order valence-electron chi connectivity index (χ1n) is 7.12. The summed E-state index contributed by atoms with van der Waals surface area (Å²) >= 11 is 2.54. The van der Waals surface area contributed by atoms with Gasteiger partial charge in [0, 0.05) is 12.5 Å². The number of rotatable bonds is 5. The van der Waals surface area contributed by atoms with Crippen molar-refractivity contribution >= 4 is 33.3 Å². The van der Waals surface area contributed by atoms with Crippen LogP contribution in [0.25, 0.3) is 10.2 Å². The van der Waals surface area contributed by atoms with Gasteiger partial charge in [-0.3, -0.25) is 0 Å². The second-order valence-corrected chi connectivity index (χ2v) is 7.11. The molecule has 0 bridgehead atoms. The summed E-state index contributed by atoms with van der Waals surface area (Å²) in [5.74, 6) is -3.20. The Kier molecular flexibility index (Phi) is 6.08. The van der Waals surface area contributed by atoms with E-state index < -0.39 is 17.5 Å². The molecule has 0 fully saturated rings. The summed E-state index contributed by atoms with van der Waals surface area (Å²) in [7, 11) is 0. The SMILES string of the molecule is C/C=C(CC#N)/C(Cc1nc2c(F)c(F)cc(F)c2s1)=C(/C)SC. The van der Waals surface area contributed by atoms with E-state index in [1.165, 1.54) is 11.8 Å². The molecule has 0 spiro atoms. The van der Waals surface area contributed by atoms with Crippen molar-refractivity contribution in [1.29, 1.82) is 5.26 Å². The summed E-state index contributed by atoms with van der Waals surface area (Å²) in [6, 6.07) is 2.66. The Morgan fingerprint density at radius 1 is 1.38 bits per heavy atom. The van der Waals surface area contributed by atoms with E-state index in [0.717, 1.165) is 27.4 Å². The summed E-state index contributed by atoms with van der Waals surface area (Å²) < 4.78 is 41.0. The first-order valence-corrected chi connectivity index (χ1v) is 9.16. The Bertz CT molecular complexity index is 876. The molecule has 0 atom stereocenters. The summed E-state index contributed by atoms with van der Waals surface area (Å²) in [4.78, 5) is 5.08. The minimum absolute atomic E-state index is 0.00682. The van der Waals surface area contributed by atoms with Gasteiger partial charge in [0.05, 0.1) is 22.2 Å². The van der Waals surface area contributed by atoms with E-state index in [2.05, 4.69) is 11.1 Å². The molecule has 24 heavy (non-hydrogen) atoms. The van der Waals surface area contributed by atoms with Crippen molar-refractivity contribution < 1.29 is 13.2 Å². The molecule has 0 saturated carbocycles. The van der Waals surface area contributed by atoms with Crippen LogP contribution in [0.3, 0.4) is 0 Å². The quantitative estimate of drug-likeness (QED) is 0.498. The maximum absolute atomic E-state index is 13.8. The van der Waals surface area contributed by atoms with Crippen LogP contribution in [-0.4, -0.2) is 11.2 Å². The molecule has 0 saturated heterocycles. The van der Waals surface area contributed by atoms with Gasteiger partial charge in [-0.05, 0) is 36.2 Å². The number of thioether (sulfide) groups is 1. The number of nitrogens with zero attached hydrogens (tertiary/aromatic N) is 2. The zero-order valence-corrected chi connectivity index (χ0v) is 15.0. The number of aromatic nitrogens is 1. The number of halogens is 3. The van der Waals surface area contributed by atoms with E-state index in [9.17, 15) is 13.2 Å². The maximum atomic E-state index is 13.8. The van der Waals surface area contributed by atoms with Crippen LogP contribution < -0.4 is 0 Å². The van der Waals surface area contributed by atoms with Crippen molar-refractivity contribution in [3.63, 3.8) is 0 Å². The fraction of sp³-hybridized carbons (Fsp3) is 0.294. The van der Waals surface area contributed by atoms with Crippen molar-refractivity contribution in [3.05, 3.63) is 50.7 Å². The van der Waals surface area contributed by atoms with Gasteiger partial charge < -0.3 is 0 Å². The molecule has 1 heterocycles. The lowest BCUT2D eigenvalue weighted by molar-refractivity contribution is 0.504. The van der Waals surface area contributed by atoms with Crippen LogP contribution in [0.2, 0.25) is 0 Å². The zero-order chi connectivity index (χ0) is 17.9. The van der Waals surface area contributed by atoms with Gasteiger partial charge in [-0.1, -0.05) is 6.08 Å². The number of allylic oxidation sites excluding steroid dienone is 4. The molecule has 126 valence electrons. The van der Waals surface area contributed by atoms with Crippen LogP contribution in [0.15, 0.2) is 28.2 Å². The second-order valence-electron chi connectivity index (χ2n) is 5.00. The van der Waals surface area contributed by atoms with Gasteiger partial charge in [0.1, 0.15) is 11.3 Å². The van der Waals surface area contributed by atoms with Crippen LogP contribution in [-0.2, 0) is 6.42 Å². The van der Waals surface area contributed by atoms with E-state index in [1.54, 1.807) is 0 Å². The molecule has 2 nitrogen and oxygen atoms in total. The molecule has 0 aliphatic heterocycles. The van der Waals surface area contributed by atoms with E-state index in [1.807, 2.05) is 26.2 Å². The number of hydrogen-bond acceptors (Lipinski definition) is 4. The number of fused-ring (bicyclic) bond motifs is 1. The smallest absolute Gasteiger partial charge is 0.186 e. The lowest BCUT2D eigenvalue weighted by atomic mass is 10.00. The van der Waals surface area contributed by atoms with Gasteiger partial charge in [0.15, 0.2) is 11.6 Å². The average Bonchev–Trinajstić information content (AvgIpc) is 3.00. The first-order chi connectivity index (χ1) is 11.4. The molecule has 1 aromatic carbocycles. The predicted octanol–water partition coefficient (Wildman–Crippen LogP) is 5.75. The standard InChI is InChI=1S/C17H15F3N2S2/c1-4-10(5-6-21)11(9(2)23-3)7-14-22-16-15(20)12(18)8-13(19)17(16)24-14/h4,8H,5,7H2,1-3H3/b10-4+,11-9-. The van der Waals surface area contributed by atoms with Crippen molar-refractivity contribution in [3.8, 4) is 6.07 Å². The Hall–Kier alpha value is -1.78. The van der Waals surface area contributed by atoms with Crippen LogP contribution in [0, 0.1) is 28.8 Å². The normalized spacial score (nSPS) is 13.1. The Morgan fingerprint density at radius 3 is 2.67 bits per heavy atom. The van der Waals surface area contributed by atoms with Gasteiger partial charge in [0.25, 0.3) is 0 Å². The van der Waals surface area contributed by atoms with Gasteiger partial charge in [-0.25, -0.2) is 18.2 Å². The lowest BCUT2D eigenvalue weighted by Crippen LogP contribution is -1.97. The summed E-state index contributed by atoms with van der Waals surface area (Å²) in [6.07, 6.45) is 4.36. The van der Waals surface area contributed by atoms with E-state index in [0.29, 0.717) is 17.5 Å². The molecule has 7 heteroatoms. The molecule has 0 unspecified atom stereocenters. The highest BCUT2D eigenvalue weighted by atomic mass is 32.2. The zero-order valence-electron chi connectivity index (χ0n) is 13.4. The number of benzene rings is 1. The van der Waals surface area contributed by atoms with Crippen LogP contribution in [0.1, 0.15) is 25.3 Å². The molecule has 0 aliphatic rings. The van der Waals surface area contributed by atoms with E-state index in [4.69, 9.17) is 5.26 Å². The topological polar surface area (TPSA) is 36.7 Å². The van der Waals surface area contributed by atoms with Gasteiger partial charge in [-0.15, -0.1) is 23.1 Å². The van der Waals surface area contributed by atoms with Crippen molar-refractivity contribution in [2.24, 2.45) is 0 Å². The summed E-state index contributed by atoms with van der Waals surface area (Å²) in [5.41, 5.74) is 1.48. The highest BCUT2D eigenvalue weighted by Crippen LogP contribution is 2.33. The highest BCUT2D eigenvalue weighted by Gasteiger charge is 2.19. The Labute approximate surface area is 146 Å². The average molecular weight is 368 g/mol. The van der Waals surface area contributed by atoms with Gasteiger partial charge in [0.2, 0.25) is 0 Å². The number of thiazole rings is 1. The largest absolute Gasteiger partial charge is 0.238 e. The molecule has 0 amide bonds. The number of nitriles is 1. The van der Waals surface area contributed by atoms with Gasteiger partial charge >= 0.3 is 0 Å². The maximum Gasteiger partial charge on any atom is 0.186 e. The summed E-state index contributed by atoms with van der Waals surface area (Å²) in [6.45, 7) is 3.77. The third kappa shape index (κ3) is 3.65. The molecule has 0 aliphatic carbocycles. The minimum Gasteiger partial charge on any atom is -0.238 e. The third-order valence-electron chi connectivity index (χ3n) is 3.62. The lowest BCUT2D eigenvalue weighted by Gasteiger charge is -2.11. The molecule has 0 radical (unpaired) electrons. The van der Waals surface area contributed by atoms with E-state index >= 15 is 0 Å². The monoisotopic (exact) mass is 368 g/mol. The second kappa shape index (κ2) is 7.86. The first kappa shape index (κ1) is 18.6. The van der Waals surface area contributed by atoms with Crippen molar-refractivity contribution in [2.45, 2.75) is 26.7 Å². The van der Waals surface area contributed by atoms with Crippen LogP contribution in [0.5, 0.6) is 0 Å². The molecule has 0 N–H and O–H groups in total. The van der Waals surface area contributed by atoms with Crippen LogP contribution >= 0.6 is 23.1 Å². The Balaban J connectivity index is 2.52. The molecular formula is C17H15F3N2S2. The highest BCUT2D eigenvalue weighted by molar-refractivity contribution is 8.02. The van der Waals surface area contributed by atoms with Crippen molar-refractivity contribution in [1.82, 2.24) is 4.98 Å². The van der Waals surface area contributed by atoms with Crippen LogP contribution in [0.4, 0.5) is 13.2 Å². The molecule has 2 aromatic rings. The minimum atomic E-state index is -1.24. The fourth-order valence-corrected chi connectivity index (χ4v) is 3.74. The van der Waals surface area contributed by atoms with Crippen molar-refractivity contribution in [2.75, 3.05) is 6.26 Å². The molecular weight excluding hydrogens is 353 g/mol. The fourth-order valence-electron chi connectivity index (χ4n) is 2.31. The summed E-state index contributed by atoms with van der Waals surface area (Å²) in [5, 5.41) is 9.46. The predicted molar refractivity (Wildman–Crippen MR) is 93.4 cm³/mol. The van der Waals surface area contributed by atoms with Gasteiger partial charge in [-0.2, -0.15) is 5.26 Å². The van der Waals surface area contributed by atoms with E-state index in [-0.39, 0.29) is 16.6 Å². The Morgan fingerprint density at radius 2 is 2.08 bits per heavy atom. The molecule has 2 rings (SSSR count). The molecule has 1 aromatic heterocycles. The number of hydrogen-bond donors (Lipinski definition) is 0. The third-order valence-corrected chi connectivity index (χ3v) is 5.55.